The zero-order valence-electron chi connectivity index (χ0n) is 15.8. The molecule has 2 bridgehead atoms. The first-order valence-electron chi connectivity index (χ1n) is 9.38. The van der Waals surface area contributed by atoms with Crippen LogP contribution >= 0.6 is 11.6 Å². The Bertz CT molecular complexity index is 1180. The van der Waals surface area contributed by atoms with Gasteiger partial charge >= 0.3 is 6.18 Å². The van der Waals surface area contributed by atoms with E-state index in [1.54, 1.807) is 16.9 Å². The number of alkyl halides is 3. The summed E-state index contributed by atoms with van der Waals surface area (Å²) in [6, 6.07) is 2.27. The molecule has 3 fully saturated rings. The molecular weight excluding hydrogens is 423 g/mol. The molecule has 3 aromatic heterocycles. The van der Waals surface area contributed by atoms with E-state index in [4.69, 9.17) is 11.6 Å². The average Bonchev–Trinajstić information content (AvgIpc) is 3.06. The number of aryl methyl sites for hydroxylation is 1. The van der Waals surface area contributed by atoms with Gasteiger partial charge in [-0.25, -0.2) is 14.2 Å². The highest BCUT2D eigenvalue weighted by atomic mass is 35.5. The minimum atomic E-state index is -4.55. The summed E-state index contributed by atoms with van der Waals surface area (Å²) in [4.78, 5) is 20.9. The van der Waals surface area contributed by atoms with E-state index in [0.717, 1.165) is 23.4 Å². The van der Waals surface area contributed by atoms with Crippen LogP contribution in [-0.4, -0.2) is 55.7 Å². The standard InChI is InChI=1S/C18H17ClF3N7O/c1-10-4-13-16(23-2-3-27(13)25-10)29-11-5-12(29)8-26(7-11)14-6-24-28(9-18(20,21)22)17(30)15(14)19/h2-4,6,11-12H,5,7-9H2,1H3. The summed E-state index contributed by atoms with van der Waals surface area (Å²) in [5.41, 5.74) is 1.24. The molecule has 8 nitrogen and oxygen atoms in total. The Balaban J connectivity index is 1.40. The summed E-state index contributed by atoms with van der Waals surface area (Å²) >= 11 is 6.14. The summed E-state index contributed by atoms with van der Waals surface area (Å²) in [5, 5.41) is 7.86. The molecule has 2 atom stereocenters. The zero-order chi connectivity index (χ0) is 21.2. The molecule has 2 unspecified atom stereocenters. The number of anilines is 2. The second-order valence-electron chi connectivity index (χ2n) is 7.64. The lowest BCUT2D eigenvalue weighted by Gasteiger charge is -2.57. The Hall–Kier alpha value is -2.82. The monoisotopic (exact) mass is 439 g/mol. The van der Waals surface area contributed by atoms with E-state index in [0.29, 0.717) is 23.5 Å². The Kier molecular flexibility index (Phi) is 4.21. The fourth-order valence-electron chi connectivity index (χ4n) is 4.34. The Morgan fingerprint density at radius 2 is 2.00 bits per heavy atom. The van der Waals surface area contributed by atoms with Crippen LogP contribution in [-0.2, 0) is 6.54 Å². The van der Waals surface area contributed by atoms with Gasteiger partial charge in [0.1, 0.15) is 17.1 Å². The Labute approximate surface area is 173 Å². The van der Waals surface area contributed by atoms with Gasteiger partial charge in [0, 0.05) is 25.5 Å². The number of rotatable bonds is 3. The molecule has 3 aliphatic heterocycles. The highest BCUT2D eigenvalue weighted by Crippen LogP contribution is 2.40. The lowest BCUT2D eigenvalue weighted by Crippen LogP contribution is -2.69. The number of nitrogens with zero attached hydrogens (tertiary/aromatic N) is 7. The van der Waals surface area contributed by atoms with Crippen molar-refractivity contribution in [2.24, 2.45) is 0 Å². The number of aromatic nitrogens is 5. The van der Waals surface area contributed by atoms with Gasteiger partial charge in [-0.15, -0.1) is 0 Å². The van der Waals surface area contributed by atoms with Crippen molar-refractivity contribution in [1.82, 2.24) is 24.4 Å². The molecule has 0 aliphatic carbocycles. The first kappa shape index (κ1) is 19.2. The fourth-order valence-corrected chi connectivity index (χ4v) is 4.61. The van der Waals surface area contributed by atoms with Crippen LogP contribution in [0, 0.1) is 6.92 Å². The van der Waals surface area contributed by atoms with Gasteiger partial charge in [-0.2, -0.15) is 23.4 Å². The zero-order valence-corrected chi connectivity index (χ0v) is 16.6. The van der Waals surface area contributed by atoms with E-state index in [2.05, 4.69) is 20.1 Å². The molecule has 0 radical (unpaired) electrons. The van der Waals surface area contributed by atoms with Crippen LogP contribution in [0.25, 0.3) is 5.52 Å². The normalized spacial score (nSPS) is 21.2. The molecule has 0 saturated carbocycles. The van der Waals surface area contributed by atoms with E-state index in [1.807, 2.05) is 17.9 Å². The summed E-state index contributed by atoms with van der Waals surface area (Å²) in [6.07, 6.45) is 1.16. The van der Waals surface area contributed by atoms with Crippen molar-refractivity contribution >= 4 is 28.6 Å². The van der Waals surface area contributed by atoms with Crippen molar-refractivity contribution in [2.45, 2.75) is 38.1 Å². The van der Waals surface area contributed by atoms with E-state index >= 15 is 0 Å². The van der Waals surface area contributed by atoms with Crippen molar-refractivity contribution in [1.29, 1.82) is 0 Å². The van der Waals surface area contributed by atoms with Crippen molar-refractivity contribution in [3.05, 3.63) is 45.7 Å². The van der Waals surface area contributed by atoms with Crippen molar-refractivity contribution < 1.29 is 13.2 Å². The van der Waals surface area contributed by atoms with E-state index in [-0.39, 0.29) is 17.1 Å². The first-order chi connectivity index (χ1) is 14.2. The number of halogens is 4. The number of piperazine rings is 1. The quantitative estimate of drug-likeness (QED) is 0.623. The largest absolute Gasteiger partial charge is 0.408 e. The predicted octanol–water partition coefficient (Wildman–Crippen LogP) is 2.28. The van der Waals surface area contributed by atoms with Crippen molar-refractivity contribution in [2.75, 3.05) is 22.9 Å². The van der Waals surface area contributed by atoms with Crippen molar-refractivity contribution in [3.8, 4) is 0 Å². The summed E-state index contributed by atoms with van der Waals surface area (Å²) < 4.78 is 40.0. The van der Waals surface area contributed by atoms with Crippen LogP contribution in [0.4, 0.5) is 24.7 Å². The van der Waals surface area contributed by atoms with E-state index in [1.165, 1.54) is 6.20 Å². The highest BCUT2D eigenvalue weighted by Gasteiger charge is 2.46. The van der Waals surface area contributed by atoms with Gasteiger partial charge in [0.05, 0.1) is 29.7 Å². The molecule has 30 heavy (non-hydrogen) atoms. The highest BCUT2D eigenvalue weighted by molar-refractivity contribution is 6.33. The minimum absolute atomic E-state index is 0.145. The molecule has 0 spiro atoms. The topological polar surface area (TPSA) is 71.6 Å². The van der Waals surface area contributed by atoms with Gasteiger partial charge in [0.25, 0.3) is 5.56 Å². The van der Waals surface area contributed by atoms with Gasteiger partial charge in [-0.1, -0.05) is 11.6 Å². The van der Waals surface area contributed by atoms with Gasteiger partial charge in [-0.3, -0.25) is 4.79 Å². The van der Waals surface area contributed by atoms with Crippen LogP contribution in [0.15, 0.2) is 29.5 Å². The van der Waals surface area contributed by atoms with Crippen LogP contribution in [0.5, 0.6) is 0 Å². The maximum Gasteiger partial charge on any atom is 0.408 e. The third kappa shape index (κ3) is 3.08. The second-order valence-corrected chi connectivity index (χ2v) is 8.02. The number of fused-ring (bicyclic) bond motifs is 3. The fraction of sp³-hybridized carbons (Fsp3) is 0.444. The van der Waals surface area contributed by atoms with E-state index < -0.39 is 18.3 Å². The third-order valence-electron chi connectivity index (χ3n) is 5.57. The molecule has 6 heterocycles. The smallest absolute Gasteiger partial charge is 0.365 e. The second kappa shape index (κ2) is 6.59. The van der Waals surface area contributed by atoms with Gasteiger partial charge in [0.15, 0.2) is 5.82 Å². The van der Waals surface area contributed by atoms with Gasteiger partial charge < -0.3 is 9.80 Å². The summed E-state index contributed by atoms with van der Waals surface area (Å²) in [5.74, 6) is 0.851. The predicted molar refractivity (Wildman–Crippen MR) is 104 cm³/mol. The van der Waals surface area contributed by atoms with Gasteiger partial charge in [-0.05, 0) is 19.4 Å². The minimum Gasteiger partial charge on any atom is -0.365 e. The molecule has 3 saturated heterocycles. The number of hydrogen-bond acceptors (Lipinski definition) is 6. The van der Waals surface area contributed by atoms with Crippen LogP contribution < -0.4 is 15.4 Å². The summed E-state index contributed by atoms with van der Waals surface area (Å²) in [6.45, 7) is 1.59. The van der Waals surface area contributed by atoms with Crippen LogP contribution in [0.3, 0.4) is 0 Å². The summed E-state index contributed by atoms with van der Waals surface area (Å²) in [7, 11) is 0. The third-order valence-corrected chi connectivity index (χ3v) is 5.92. The van der Waals surface area contributed by atoms with Crippen molar-refractivity contribution in [3.63, 3.8) is 0 Å². The molecular formula is C18H17ClF3N7O. The maximum atomic E-state index is 12.6. The molecule has 158 valence electrons. The number of hydrogen-bond donors (Lipinski definition) is 0. The Morgan fingerprint density at radius 3 is 2.70 bits per heavy atom. The lowest BCUT2D eigenvalue weighted by molar-refractivity contribution is -0.143. The molecule has 0 aromatic carbocycles. The molecule has 12 heteroatoms. The first-order valence-corrected chi connectivity index (χ1v) is 9.76. The number of piperidine rings is 1. The molecule has 0 amide bonds. The molecule has 3 aliphatic rings. The molecule has 3 aromatic rings. The van der Waals surface area contributed by atoms with E-state index in [9.17, 15) is 18.0 Å². The molecule has 6 rings (SSSR count). The SMILES string of the molecule is Cc1cc2c(N3C4CC3CN(c3cnn(CC(F)(F)F)c(=O)c3Cl)C4)nccn2n1. The lowest BCUT2D eigenvalue weighted by atomic mass is 9.87. The van der Waals surface area contributed by atoms with Gasteiger partial charge in [0.2, 0.25) is 0 Å². The Morgan fingerprint density at radius 1 is 1.27 bits per heavy atom. The van der Waals surface area contributed by atoms with Crippen LogP contribution in [0.1, 0.15) is 12.1 Å². The average molecular weight is 440 g/mol. The van der Waals surface area contributed by atoms with Crippen LogP contribution in [0.2, 0.25) is 5.02 Å². The maximum absolute atomic E-state index is 12.6. The molecule has 0 N–H and O–H groups in total.